The third kappa shape index (κ3) is 61.1. The van der Waals surface area contributed by atoms with Crippen molar-refractivity contribution in [3.05, 3.63) is 146 Å². The second-order valence-corrected chi connectivity index (χ2v) is 22.4. The van der Waals surface area contributed by atoms with E-state index in [4.69, 9.17) is 18.5 Å². The normalized spacial score (nSPS) is 14.3. The highest BCUT2D eigenvalue weighted by atomic mass is 31.2. The molecule has 1 N–H and O–H groups in total. The average molecular weight is 1100 g/mol. The maximum Gasteiger partial charge on any atom is 0.472 e. The minimum atomic E-state index is -4.41. The number of ether oxygens (including phenoxy) is 2. The molecule has 0 aliphatic carbocycles. The van der Waals surface area contributed by atoms with Crippen LogP contribution in [0.5, 0.6) is 0 Å². The third-order valence-corrected chi connectivity index (χ3v) is 13.4. The van der Waals surface area contributed by atoms with Gasteiger partial charge >= 0.3 is 19.8 Å². The first kappa shape index (κ1) is 73.9. The number of phosphoric acid groups is 1. The topological polar surface area (TPSA) is 108 Å². The first-order chi connectivity index (χ1) is 38.0. The van der Waals surface area contributed by atoms with Gasteiger partial charge in [0.1, 0.15) is 19.8 Å². The van der Waals surface area contributed by atoms with Gasteiger partial charge in [-0.1, -0.05) is 250 Å². The number of allylic oxidation sites excluding steroid dienone is 24. The Bertz CT molecular complexity index is 1820. The maximum atomic E-state index is 12.8. The summed E-state index contributed by atoms with van der Waals surface area (Å²) in [6.45, 7) is 4.10. The van der Waals surface area contributed by atoms with Crippen molar-refractivity contribution in [1.29, 1.82) is 0 Å². The van der Waals surface area contributed by atoms with Crippen LogP contribution in [-0.2, 0) is 32.7 Å². The minimum Gasteiger partial charge on any atom is -0.462 e. The average Bonchev–Trinajstić information content (AvgIpc) is 3.40. The van der Waals surface area contributed by atoms with Gasteiger partial charge in [-0.05, 0) is 103 Å². The van der Waals surface area contributed by atoms with E-state index < -0.39 is 32.5 Å². The lowest BCUT2D eigenvalue weighted by Crippen LogP contribution is -2.37. The molecule has 0 aliphatic heterocycles. The summed E-state index contributed by atoms with van der Waals surface area (Å²) < 4.78 is 34.4. The second kappa shape index (κ2) is 57.6. The number of unbranched alkanes of at least 4 members (excludes halogenated alkanes) is 16. The summed E-state index contributed by atoms with van der Waals surface area (Å²) in [5.41, 5.74) is 0. The van der Waals surface area contributed by atoms with E-state index in [2.05, 4.69) is 148 Å². The minimum absolute atomic E-state index is 0.0155. The Balaban J connectivity index is 4.02. The van der Waals surface area contributed by atoms with Gasteiger partial charge in [-0.15, -0.1) is 0 Å². The Labute approximate surface area is 478 Å². The van der Waals surface area contributed by atoms with E-state index in [-0.39, 0.29) is 26.1 Å². The number of carbonyl (C=O) groups is 2. The molecular formula is C68H113NO8P+. The van der Waals surface area contributed by atoms with Crippen LogP contribution in [0.15, 0.2) is 146 Å². The molecule has 2 unspecified atom stereocenters. The molecule has 9 nitrogen and oxygen atoms in total. The molecule has 0 spiro atoms. The van der Waals surface area contributed by atoms with Crippen molar-refractivity contribution < 1.29 is 42.1 Å². The van der Waals surface area contributed by atoms with Crippen molar-refractivity contribution >= 4 is 19.8 Å². The van der Waals surface area contributed by atoms with E-state index in [0.29, 0.717) is 23.9 Å². The highest BCUT2D eigenvalue weighted by molar-refractivity contribution is 7.47. The lowest BCUT2D eigenvalue weighted by Gasteiger charge is -2.24. The van der Waals surface area contributed by atoms with Gasteiger partial charge in [0.2, 0.25) is 0 Å². The molecule has 0 bridgehead atoms. The molecule has 0 aromatic heterocycles. The highest BCUT2D eigenvalue weighted by Gasteiger charge is 2.27. The fourth-order valence-corrected chi connectivity index (χ4v) is 8.49. The summed E-state index contributed by atoms with van der Waals surface area (Å²) in [5.74, 6) is -0.899. The monoisotopic (exact) mass is 1100 g/mol. The third-order valence-electron chi connectivity index (χ3n) is 12.4. The Kier molecular flexibility index (Phi) is 54.5. The van der Waals surface area contributed by atoms with Crippen molar-refractivity contribution in [3.63, 3.8) is 0 Å². The summed E-state index contributed by atoms with van der Waals surface area (Å²) in [6.07, 6.45) is 85.4. The van der Waals surface area contributed by atoms with Crippen molar-refractivity contribution in [3.8, 4) is 0 Å². The smallest absolute Gasteiger partial charge is 0.462 e. The molecule has 0 aromatic carbocycles. The van der Waals surface area contributed by atoms with E-state index >= 15 is 0 Å². The number of likely N-dealkylation sites (N-methyl/N-ethyl adjacent to an activating group) is 1. The van der Waals surface area contributed by atoms with Crippen LogP contribution in [0, 0.1) is 0 Å². The van der Waals surface area contributed by atoms with Gasteiger partial charge in [0.05, 0.1) is 27.7 Å². The molecule has 0 saturated heterocycles. The van der Waals surface area contributed by atoms with Crippen molar-refractivity contribution in [1.82, 2.24) is 0 Å². The predicted octanol–water partition coefficient (Wildman–Crippen LogP) is 19.5. The quantitative estimate of drug-likeness (QED) is 0.0211. The van der Waals surface area contributed by atoms with Crippen LogP contribution in [0.25, 0.3) is 0 Å². The maximum absolute atomic E-state index is 12.8. The van der Waals surface area contributed by atoms with E-state index in [0.717, 1.165) is 96.3 Å². The lowest BCUT2D eigenvalue weighted by atomic mass is 10.0. The Morgan fingerprint density at radius 1 is 0.397 bits per heavy atom. The van der Waals surface area contributed by atoms with E-state index in [9.17, 15) is 19.0 Å². The molecule has 0 fully saturated rings. The van der Waals surface area contributed by atoms with Gasteiger partial charge < -0.3 is 18.9 Å². The van der Waals surface area contributed by atoms with Gasteiger partial charge in [-0.3, -0.25) is 18.6 Å². The van der Waals surface area contributed by atoms with Crippen LogP contribution >= 0.6 is 7.82 Å². The molecule has 10 heteroatoms. The van der Waals surface area contributed by atoms with Gasteiger partial charge in [-0.2, -0.15) is 0 Å². The lowest BCUT2D eigenvalue weighted by molar-refractivity contribution is -0.870. The van der Waals surface area contributed by atoms with E-state index in [1.165, 1.54) is 83.5 Å². The summed E-state index contributed by atoms with van der Waals surface area (Å²) in [4.78, 5) is 35.5. The number of hydrogen-bond acceptors (Lipinski definition) is 7. The zero-order valence-corrected chi connectivity index (χ0v) is 51.0. The number of rotatable bonds is 54. The number of phosphoric ester groups is 1. The van der Waals surface area contributed by atoms with Crippen LogP contribution in [0.3, 0.4) is 0 Å². The zero-order valence-electron chi connectivity index (χ0n) is 50.1. The number of hydrogen-bond donors (Lipinski definition) is 1. The fraction of sp³-hybridized carbons (Fsp3) is 0.618. The number of esters is 2. The standard InChI is InChI=1S/C68H112NO8P/c1-6-8-10-12-14-16-18-20-21-22-23-24-25-26-27-28-29-30-31-32-33-34-35-36-37-38-39-40-41-42-43-44-45-46-47-49-51-53-55-57-59-61-68(71)77-66(65-76-78(72,73)75-63-62-69(3,4)5)64-74-67(70)60-58-56-54-52-50-48-19-17-15-13-11-9-7-2/h8-11,14-17,20-21,23-24,26-27,29-30,32-33,35-36,48,50,54,56,66H,6-7,12-13,18-19,22,25,28,31,34,37-47,49,51-53,55,57-65H2,1-5H3/p+1/b10-8-,11-9-,16-14-,17-15-,21-20-,24-23-,27-26-,30-29-,33-32-,36-35-,50-48-,56-54-. The summed E-state index contributed by atoms with van der Waals surface area (Å²) in [7, 11) is 1.43. The molecule has 0 heterocycles. The number of nitrogens with zero attached hydrogens (tertiary/aromatic N) is 1. The molecule has 0 amide bonds. The fourth-order valence-electron chi connectivity index (χ4n) is 7.75. The number of quaternary nitrogens is 1. The Hall–Kier alpha value is -4.11. The van der Waals surface area contributed by atoms with Gasteiger partial charge in [0, 0.05) is 12.8 Å². The molecule has 442 valence electrons. The van der Waals surface area contributed by atoms with Crippen LogP contribution < -0.4 is 0 Å². The molecule has 0 aliphatic rings. The summed E-state index contributed by atoms with van der Waals surface area (Å²) in [5, 5.41) is 0. The Morgan fingerprint density at radius 2 is 0.718 bits per heavy atom. The van der Waals surface area contributed by atoms with Crippen molar-refractivity contribution in [2.75, 3.05) is 47.5 Å². The van der Waals surface area contributed by atoms with E-state index in [1.807, 2.05) is 33.3 Å². The largest absolute Gasteiger partial charge is 0.472 e. The van der Waals surface area contributed by atoms with Gasteiger partial charge in [-0.25, -0.2) is 4.57 Å². The molecule has 2 atom stereocenters. The van der Waals surface area contributed by atoms with E-state index in [1.54, 1.807) is 0 Å². The van der Waals surface area contributed by atoms with Crippen molar-refractivity contribution in [2.24, 2.45) is 0 Å². The molecule has 0 aromatic rings. The molecule has 0 saturated carbocycles. The summed E-state index contributed by atoms with van der Waals surface area (Å²) in [6, 6.07) is 0. The van der Waals surface area contributed by atoms with Crippen LogP contribution in [0.4, 0.5) is 0 Å². The molecule has 0 radical (unpaired) electrons. The SMILES string of the molecule is CC/C=C\C/C=C\C/C=C\C/C=C\C/C=C\C/C=C\C/C=C\C/C=C\CCCCCCCCCCCCCCCCCCC(=O)OC(COC(=O)CC/C=C\C/C=C\C/C=C\C/C=C\CC)COP(=O)(O)OCC[N+](C)(C)C. The Morgan fingerprint density at radius 3 is 1.08 bits per heavy atom. The molecule has 0 rings (SSSR count). The summed E-state index contributed by atoms with van der Waals surface area (Å²) >= 11 is 0. The van der Waals surface area contributed by atoms with Gasteiger partial charge in [0.25, 0.3) is 0 Å². The van der Waals surface area contributed by atoms with Crippen LogP contribution in [-0.4, -0.2) is 74.9 Å². The highest BCUT2D eigenvalue weighted by Crippen LogP contribution is 2.43. The van der Waals surface area contributed by atoms with Gasteiger partial charge in [0.15, 0.2) is 6.10 Å². The first-order valence-electron chi connectivity index (χ1n) is 30.6. The predicted molar refractivity (Wildman–Crippen MR) is 334 cm³/mol. The second-order valence-electron chi connectivity index (χ2n) is 21.0. The number of carbonyl (C=O) groups excluding carboxylic acids is 2. The zero-order chi connectivity index (χ0) is 57.0. The van der Waals surface area contributed by atoms with Crippen LogP contribution in [0.2, 0.25) is 0 Å². The first-order valence-corrected chi connectivity index (χ1v) is 32.1. The van der Waals surface area contributed by atoms with Crippen LogP contribution in [0.1, 0.15) is 219 Å². The van der Waals surface area contributed by atoms with Crippen molar-refractivity contribution in [2.45, 2.75) is 225 Å². The molecular weight excluding hydrogens is 990 g/mol. The molecule has 78 heavy (non-hydrogen) atoms.